The van der Waals surface area contributed by atoms with Crippen LogP contribution in [0.4, 0.5) is 5.82 Å². The van der Waals surface area contributed by atoms with Crippen molar-refractivity contribution in [1.82, 2.24) is 9.55 Å². The van der Waals surface area contributed by atoms with E-state index in [1.165, 1.54) is 17.7 Å². The lowest BCUT2D eigenvalue weighted by molar-refractivity contribution is -0.0363. The average molecular weight is 361 g/mol. The van der Waals surface area contributed by atoms with E-state index in [4.69, 9.17) is 24.0 Å². The average Bonchev–Trinajstić information content (AvgIpc) is 2.86. The summed E-state index contributed by atoms with van der Waals surface area (Å²) >= 11 is 0. The molecule has 1 saturated heterocycles. The van der Waals surface area contributed by atoms with Crippen LogP contribution in [0, 0.1) is 5.92 Å². The predicted octanol–water partition coefficient (Wildman–Crippen LogP) is 1.95. The number of rotatable bonds is 7. The van der Waals surface area contributed by atoms with Crippen molar-refractivity contribution in [3.8, 4) is 0 Å². The van der Waals surface area contributed by atoms with Crippen molar-refractivity contribution in [2.24, 2.45) is 5.92 Å². The third-order valence-corrected chi connectivity index (χ3v) is 5.15. The van der Waals surface area contributed by atoms with Crippen molar-refractivity contribution in [2.75, 3.05) is 19.5 Å². The SMILES string of the molecule is COP(=O)(OC[C@@H]1C[C@H](C)[C@H](n2ccc(N)nc2=O)O1)OC(C)C. The summed E-state index contributed by atoms with van der Waals surface area (Å²) in [6.45, 7) is 5.46. The third kappa shape index (κ3) is 4.64. The molecular formula is C14H24N3O6P. The fraction of sp³-hybridized carbons (Fsp3) is 0.714. The Labute approximate surface area is 140 Å². The number of nitrogen functional groups attached to an aromatic ring is 1. The van der Waals surface area contributed by atoms with Gasteiger partial charge in [-0.2, -0.15) is 4.98 Å². The minimum Gasteiger partial charge on any atom is -0.383 e. The molecule has 1 aliphatic heterocycles. The molecule has 0 aliphatic carbocycles. The van der Waals surface area contributed by atoms with Gasteiger partial charge in [-0.05, 0) is 26.3 Å². The van der Waals surface area contributed by atoms with E-state index in [9.17, 15) is 9.36 Å². The number of nitrogens with zero attached hydrogens (tertiary/aromatic N) is 2. The first-order valence-corrected chi connectivity index (χ1v) is 9.19. The number of hydrogen-bond acceptors (Lipinski definition) is 8. The van der Waals surface area contributed by atoms with Gasteiger partial charge in [0.1, 0.15) is 12.0 Å². The topological polar surface area (TPSA) is 115 Å². The number of phosphoric acid groups is 1. The molecule has 4 atom stereocenters. The lowest BCUT2D eigenvalue weighted by Gasteiger charge is -2.20. The van der Waals surface area contributed by atoms with E-state index < -0.39 is 19.7 Å². The molecule has 2 N–H and O–H groups in total. The van der Waals surface area contributed by atoms with Gasteiger partial charge in [0.15, 0.2) is 0 Å². The summed E-state index contributed by atoms with van der Waals surface area (Å²) in [6, 6.07) is 1.54. The van der Waals surface area contributed by atoms with Crippen molar-refractivity contribution >= 4 is 13.6 Å². The van der Waals surface area contributed by atoms with Crippen LogP contribution in [0.25, 0.3) is 0 Å². The van der Waals surface area contributed by atoms with E-state index in [0.717, 1.165) is 0 Å². The molecule has 0 radical (unpaired) electrons. The molecule has 1 unspecified atom stereocenters. The summed E-state index contributed by atoms with van der Waals surface area (Å²) in [5, 5.41) is 0. The van der Waals surface area contributed by atoms with Crippen LogP contribution in [0.5, 0.6) is 0 Å². The highest BCUT2D eigenvalue weighted by Gasteiger charge is 2.36. The van der Waals surface area contributed by atoms with Gasteiger partial charge in [-0.25, -0.2) is 9.36 Å². The quantitative estimate of drug-likeness (QED) is 0.733. The Bertz CT molecular complexity index is 664. The first-order valence-electron chi connectivity index (χ1n) is 7.73. The van der Waals surface area contributed by atoms with E-state index in [-0.39, 0.29) is 30.6 Å². The van der Waals surface area contributed by atoms with Crippen LogP contribution in [-0.4, -0.2) is 35.5 Å². The van der Waals surface area contributed by atoms with Gasteiger partial charge in [0, 0.05) is 19.2 Å². The monoisotopic (exact) mass is 361 g/mol. The van der Waals surface area contributed by atoms with E-state index >= 15 is 0 Å². The molecule has 1 aromatic heterocycles. The standard InChI is InChI=1S/C14H24N3O6P/c1-9(2)23-24(19,20-4)21-8-11-7-10(3)13(22-11)17-6-5-12(15)16-14(17)18/h5-6,9-11,13H,7-8H2,1-4H3,(H2,15,16,18)/t10-,11-,13+,24?/m0/s1. The summed E-state index contributed by atoms with van der Waals surface area (Å²) < 4.78 is 34.9. The molecule has 1 aromatic rings. The zero-order chi connectivity index (χ0) is 17.9. The molecule has 1 aliphatic rings. The molecule has 24 heavy (non-hydrogen) atoms. The van der Waals surface area contributed by atoms with Gasteiger partial charge in [-0.3, -0.25) is 18.1 Å². The van der Waals surface area contributed by atoms with E-state index in [0.29, 0.717) is 6.42 Å². The van der Waals surface area contributed by atoms with Gasteiger partial charge in [0.2, 0.25) is 0 Å². The highest BCUT2D eigenvalue weighted by molar-refractivity contribution is 7.48. The number of ether oxygens (including phenoxy) is 1. The first kappa shape index (κ1) is 19.1. The van der Waals surface area contributed by atoms with E-state index in [1.807, 2.05) is 6.92 Å². The van der Waals surface area contributed by atoms with Gasteiger partial charge in [0.05, 0.1) is 18.8 Å². The number of nitrogens with two attached hydrogens (primary N) is 1. The smallest absolute Gasteiger partial charge is 0.383 e. The van der Waals surface area contributed by atoms with Crippen LogP contribution in [0.1, 0.15) is 33.4 Å². The van der Waals surface area contributed by atoms with Crippen LogP contribution in [0.3, 0.4) is 0 Å². The van der Waals surface area contributed by atoms with Crippen molar-refractivity contribution in [1.29, 1.82) is 0 Å². The van der Waals surface area contributed by atoms with Gasteiger partial charge in [0.25, 0.3) is 0 Å². The fourth-order valence-corrected chi connectivity index (χ4v) is 3.66. The second-order valence-electron chi connectivity index (χ2n) is 5.98. The molecule has 2 rings (SSSR count). The normalized spacial score (nSPS) is 26.6. The van der Waals surface area contributed by atoms with Crippen LogP contribution >= 0.6 is 7.82 Å². The molecule has 0 bridgehead atoms. The van der Waals surface area contributed by atoms with Crippen molar-refractivity contribution < 1.29 is 22.9 Å². The molecule has 136 valence electrons. The molecule has 0 spiro atoms. The Hall–Kier alpha value is -1.25. The molecule has 0 amide bonds. The Morgan fingerprint density at radius 1 is 1.54 bits per heavy atom. The predicted molar refractivity (Wildman–Crippen MR) is 87.4 cm³/mol. The Morgan fingerprint density at radius 2 is 2.25 bits per heavy atom. The maximum atomic E-state index is 12.3. The van der Waals surface area contributed by atoms with Gasteiger partial charge in [-0.1, -0.05) is 6.92 Å². The highest BCUT2D eigenvalue weighted by atomic mass is 31.2. The number of phosphoric ester groups is 1. The van der Waals surface area contributed by atoms with Gasteiger partial charge in [-0.15, -0.1) is 0 Å². The van der Waals surface area contributed by atoms with Gasteiger partial charge >= 0.3 is 13.5 Å². The summed E-state index contributed by atoms with van der Waals surface area (Å²) in [5.41, 5.74) is 5.02. The second-order valence-corrected chi connectivity index (χ2v) is 7.71. The first-order chi connectivity index (χ1) is 11.2. The van der Waals surface area contributed by atoms with Crippen LogP contribution in [0.15, 0.2) is 17.1 Å². The molecule has 0 aromatic carbocycles. The van der Waals surface area contributed by atoms with Crippen LogP contribution in [-0.2, 0) is 22.9 Å². The molecule has 0 saturated carbocycles. The van der Waals surface area contributed by atoms with E-state index in [1.54, 1.807) is 20.0 Å². The second kappa shape index (κ2) is 7.76. The largest absolute Gasteiger partial charge is 0.474 e. The molecule has 10 heteroatoms. The lowest BCUT2D eigenvalue weighted by Crippen LogP contribution is -2.29. The molecule has 1 fully saturated rings. The Balaban J connectivity index is 2.01. The fourth-order valence-electron chi connectivity index (χ4n) is 2.54. The third-order valence-electron chi connectivity index (χ3n) is 3.56. The summed E-state index contributed by atoms with van der Waals surface area (Å²) in [7, 11) is -2.35. The van der Waals surface area contributed by atoms with E-state index in [2.05, 4.69) is 4.98 Å². The zero-order valence-electron chi connectivity index (χ0n) is 14.2. The maximum Gasteiger partial charge on any atom is 0.474 e. The summed E-state index contributed by atoms with van der Waals surface area (Å²) in [6.07, 6.45) is 1.07. The van der Waals surface area contributed by atoms with Gasteiger partial charge < -0.3 is 10.5 Å². The minimum absolute atomic E-state index is 0.0375. The number of hydrogen-bond donors (Lipinski definition) is 1. The lowest BCUT2D eigenvalue weighted by atomic mass is 10.1. The Kier molecular flexibility index (Phi) is 6.17. The summed E-state index contributed by atoms with van der Waals surface area (Å²) in [5.74, 6) is 0.211. The van der Waals surface area contributed by atoms with Crippen molar-refractivity contribution in [2.45, 2.75) is 45.6 Å². The maximum absolute atomic E-state index is 12.3. The zero-order valence-corrected chi connectivity index (χ0v) is 15.1. The van der Waals surface area contributed by atoms with Crippen LogP contribution in [0.2, 0.25) is 0 Å². The molecular weight excluding hydrogens is 337 g/mol. The summed E-state index contributed by atoms with van der Waals surface area (Å²) in [4.78, 5) is 15.6. The van der Waals surface area contributed by atoms with Crippen LogP contribution < -0.4 is 11.4 Å². The number of aromatic nitrogens is 2. The minimum atomic E-state index is -3.61. The molecule has 2 heterocycles. The Morgan fingerprint density at radius 3 is 2.83 bits per heavy atom. The molecule has 9 nitrogen and oxygen atoms in total. The van der Waals surface area contributed by atoms with Crippen molar-refractivity contribution in [3.05, 3.63) is 22.7 Å². The highest BCUT2D eigenvalue weighted by Crippen LogP contribution is 2.50. The van der Waals surface area contributed by atoms with Crippen molar-refractivity contribution in [3.63, 3.8) is 0 Å². The number of anilines is 1.